The van der Waals surface area contributed by atoms with Gasteiger partial charge in [-0.3, -0.25) is 0 Å². The lowest BCUT2D eigenvalue weighted by Gasteiger charge is -2.09. The predicted octanol–water partition coefficient (Wildman–Crippen LogP) is 4.39. The molecular formula is C13H24. The molecule has 2 saturated carbocycles. The SMILES string of the molecule is CC1CCCCCC2CC2CCC1. The van der Waals surface area contributed by atoms with Gasteiger partial charge in [0.1, 0.15) is 0 Å². The monoisotopic (exact) mass is 180 g/mol. The third-order valence-electron chi connectivity index (χ3n) is 4.11. The molecule has 13 heavy (non-hydrogen) atoms. The van der Waals surface area contributed by atoms with Crippen LogP contribution in [0.25, 0.3) is 0 Å². The molecule has 3 unspecified atom stereocenters. The zero-order valence-electron chi connectivity index (χ0n) is 9.10. The summed E-state index contributed by atoms with van der Waals surface area (Å²) in [7, 11) is 0. The minimum absolute atomic E-state index is 1.01. The molecule has 0 saturated heterocycles. The highest BCUT2D eigenvalue weighted by molar-refractivity contribution is 4.86. The van der Waals surface area contributed by atoms with Gasteiger partial charge in [0.2, 0.25) is 0 Å². The Kier molecular flexibility index (Phi) is 3.29. The first kappa shape index (κ1) is 9.55. The van der Waals surface area contributed by atoms with E-state index in [4.69, 9.17) is 0 Å². The summed E-state index contributed by atoms with van der Waals surface area (Å²) in [4.78, 5) is 0. The Labute approximate surface area is 83.1 Å². The molecule has 0 radical (unpaired) electrons. The second-order valence-corrected chi connectivity index (χ2v) is 5.43. The summed E-state index contributed by atoms with van der Waals surface area (Å²) >= 11 is 0. The third kappa shape index (κ3) is 3.00. The molecule has 0 aliphatic heterocycles. The third-order valence-corrected chi connectivity index (χ3v) is 4.11. The molecule has 0 heteroatoms. The number of rotatable bonds is 0. The van der Waals surface area contributed by atoms with Crippen molar-refractivity contribution in [3.8, 4) is 0 Å². The van der Waals surface area contributed by atoms with Gasteiger partial charge in [-0.25, -0.2) is 0 Å². The lowest BCUT2D eigenvalue weighted by Crippen LogP contribution is -1.94. The number of fused-ring (bicyclic) bond motifs is 1. The van der Waals surface area contributed by atoms with E-state index in [1.165, 1.54) is 38.5 Å². The van der Waals surface area contributed by atoms with E-state index in [1.54, 1.807) is 19.3 Å². The molecule has 2 rings (SSSR count). The van der Waals surface area contributed by atoms with Gasteiger partial charge >= 0.3 is 0 Å². The fourth-order valence-corrected chi connectivity index (χ4v) is 2.97. The van der Waals surface area contributed by atoms with Gasteiger partial charge in [0.25, 0.3) is 0 Å². The molecule has 76 valence electrons. The minimum atomic E-state index is 1.01. The Morgan fingerprint density at radius 1 is 0.692 bits per heavy atom. The van der Waals surface area contributed by atoms with Crippen LogP contribution in [0.1, 0.15) is 64.7 Å². The fraction of sp³-hybridized carbons (Fsp3) is 1.00. The van der Waals surface area contributed by atoms with Gasteiger partial charge in [-0.05, 0) is 24.2 Å². The van der Waals surface area contributed by atoms with Crippen LogP contribution < -0.4 is 0 Å². The van der Waals surface area contributed by atoms with Gasteiger partial charge in [-0.2, -0.15) is 0 Å². The van der Waals surface area contributed by atoms with E-state index in [-0.39, 0.29) is 0 Å². The van der Waals surface area contributed by atoms with E-state index in [0.29, 0.717) is 0 Å². The maximum absolute atomic E-state index is 2.45. The van der Waals surface area contributed by atoms with Crippen molar-refractivity contribution in [2.45, 2.75) is 64.7 Å². The van der Waals surface area contributed by atoms with Crippen LogP contribution in [-0.4, -0.2) is 0 Å². The molecule has 0 amide bonds. The molecule has 0 bridgehead atoms. The van der Waals surface area contributed by atoms with Crippen LogP contribution in [0.5, 0.6) is 0 Å². The molecule has 0 aromatic rings. The molecule has 0 spiro atoms. The Hall–Kier alpha value is 0. The summed E-state index contributed by atoms with van der Waals surface area (Å²) in [5.74, 6) is 3.33. The molecule has 0 heterocycles. The Balaban J connectivity index is 1.74. The second-order valence-electron chi connectivity index (χ2n) is 5.43. The van der Waals surface area contributed by atoms with Gasteiger partial charge in [0.05, 0.1) is 0 Å². The van der Waals surface area contributed by atoms with Crippen molar-refractivity contribution in [3.63, 3.8) is 0 Å². The van der Waals surface area contributed by atoms with Gasteiger partial charge in [-0.1, -0.05) is 58.3 Å². The van der Waals surface area contributed by atoms with Crippen LogP contribution >= 0.6 is 0 Å². The van der Waals surface area contributed by atoms with Crippen molar-refractivity contribution in [3.05, 3.63) is 0 Å². The van der Waals surface area contributed by atoms with Crippen LogP contribution in [0, 0.1) is 17.8 Å². The van der Waals surface area contributed by atoms with Crippen LogP contribution in [0.3, 0.4) is 0 Å². The van der Waals surface area contributed by atoms with Crippen LogP contribution in [0.2, 0.25) is 0 Å². The highest BCUT2D eigenvalue weighted by Gasteiger charge is 2.35. The smallest absolute Gasteiger partial charge is 0.0383 e. The lowest BCUT2D eigenvalue weighted by molar-refractivity contribution is 0.441. The molecule has 2 aliphatic rings. The summed E-state index contributed by atoms with van der Waals surface area (Å²) in [6.07, 6.45) is 13.7. The maximum atomic E-state index is 2.45. The topological polar surface area (TPSA) is 0 Å². The average molecular weight is 180 g/mol. The highest BCUT2D eigenvalue weighted by Crippen LogP contribution is 2.46. The lowest BCUT2D eigenvalue weighted by atomic mass is 9.97. The Morgan fingerprint density at radius 2 is 1.31 bits per heavy atom. The molecule has 3 atom stereocenters. The summed E-state index contributed by atoms with van der Waals surface area (Å²) < 4.78 is 0. The molecule has 2 aliphatic carbocycles. The van der Waals surface area contributed by atoms with E-state index in [2.05, 4.69) is 6.92 Å². The summed E-state index contributed by atoms with van der Waals surface area (Å²) in [6, 6.07) is 0. The standard InChI is InChI=1S/C13H24/c1-11-6-3-2-4-8-12-10-13(12)9-5-7-11/h11-13H,2-10H2,1H3. The van der Waals surface area contributed by atoms with E-state index in [9.17, 15) is 0 Å². The first-order valence-corrected chi connectivity index (χ1v) is 6.36. The van der Waals surface area contributed by atoms with Crippen molar-refractivity contribution < 1.29 is 0 Å². The molecule has 0 nitrogen and oxygen atoms in total. The molecular weight excluding hydrogens is 156 g/mol. The van der Waals surface area contributed by atoms with E-state index < -0.39 is 0 Å². The highest BCUT2D eigenvalue weighted by atomic mass is 14.4. The zero-order valence-corrected chi connectivity index (χ0v) is 9.10. The summed E-state index contributed by atoms with van der Waals surface area (Å²) in [5.41, 5.74) is 0. The average Bonchev–Trinajstić information content (AvgIpc) is 2.82. The van der Waals surface area contributed by atoms with Crippen molar-refractivity contribution in [2.75, 3.05) is 0 Å². The number of hydrogen-bond acceptors (Lipinski definition) is 0. The first-order chi connectivity index (χ1) is 6.36. The maximum Gasteiger partial charge on any atom is -0.0383 e. The Bertz CT molecular complexity index is 146. The van der Waals surface area contributed by atoms with Crippen LogP contribution in [0.15, 0.2) is 0 Å². The molecule has 2 fully saturated rings. The predicted molar refractivity (Wildman–Crippen MR) is 57.7 cm³/mol. The Morgan fingerprint density at radius 3 is 2.15 bits per heavy atom. The first-order valence-electron chi connectivity index (χ1n) is 6.36. The normalized spacial score (nSPS) is 41.8. The van der Waals surface area contributed by atoms with Crippen LogP contribution in [-0.2, 0) is 0 Å². The number of hydrogen-bond donors (Lipinski definition) is 0. The van der Waals surface area contributed by atoms with E-state index in [0.717, 1.165) is 17.8 Å². The summed E-state index contributed by atoms with van der Waals surface area (Å²) in [6.45, 7) is 2.45. The van der Waals surface area contributed by atoms with Crippen molar-refractivity contribution in [2.24, 2.45) is 17.8 Å². The van der Waals surface area contributed by atoms with Gasteiger partial charge in [0.15, 0.2) is 0 Å². The van der Waals surface area contributed by atoms with Crippen molar-refractivity contribution in [1.29, 1.82) is 0 Å². The van der Waals surface area contributed by atoms with E-state index >= 15 is 0 Å². The minimum Gasteiger partial charge on any atom is -0.0625 e. The van der Waals surface area contributed by atoms with Gasteiger partial charge in [0, 0.05) is 0 Å². The summed E-state index contributed by atoms with van der Waals surface area (Å²) in [5, 5.41) is 0. The molecule has 0 N–H and O–H groups in total. The second kappa shape index (κ2) is 4.48. The van der Waals surface area contributed by atoms with Gasteiger partial charge < -0.3 is 0 Å². The quantitative estimate of drug-likeness (QED) is 0.518. The van der Waals surface area contributed by atoms with Crippen molar-refractivity contribution >= 4 is 0 Å². The van der Waals surface area contributed by atoms with Gasteiger partial charge in [-0.15, -0.1) is 0 Å². The van der Waals surface area contributed by atoms with E-state index in [1.807, 2.05) is 0 Å². The largest absolute Gasteiger partial charge is 0.0625 e. The molecule has 0 aromatic heterocycles. The van der Waals surface area contributed by atoms with Crippen LogP contribution in [0.4, 0.5) is 0 Å². The fourth-order valence-electron chi connectivity index (χ4n) is 2.97. The van der Waals surface area contributed by atoms with Crippen molar-refractivity contribution in [1.82, 2.24) is 0 Å². The zero-order chi connectivity index (χ0) is 9.10. The molecule has 0 aromatic carbocycles.